The number of hydrazone groups is 1. The summed E-state index contributed by atoms with van der Waals surface area (Å²) in [6.45, 7) is 6.29. The first-order chi connectivity index (χ1) is 19.0. The molecule has 3 aromatic carbocycles. The van der Waals surface area contributed by atoms with E-state index in [0.717, 1.165) is 5.56 Å². The van der Waals surface area contributed by atoms with Gasteiger partial charge in [-0.25, -0.2) is 5.43 Å². The topological polar surface area (TPSA) is 117 Å². The minimum absolute atomic E-state index is 0.000169. The minimum atomic E-state index is -0.406. The lowest BCUT2D eigenvalue weighted by molar-refractivity contribution is -0.113. The zero-order valence-electron chi connectivity index (χ0n) is 23.3. The number of hydrogen-bond acceptors (Lipinski definition) is 7. The van der Waals surface area contributed by atoms with Gasteiger partial charge in [0.05, 0.1) is 26.4 Å². The smallest absolute Gasteiger partial charge is 0.271 e. The van der Waals surface area contributed by atoms with Crippen molar-refractivity contribution in [3.63, 3.8) is 0 Å². The Balaban J connectivity index is 1.81. The van der Waals surface area contributed by atoms with Crippen molar-refractivity contribution in [2.24, 2.45) is 5.10 Å². The zero-order chi connectivity index (χ0) is 29.3. The third-order valence-corrected chi connectivity index (χ3v) is 6.01. The number of ether oxygens (including phenoxy) is 2. The number of ketones is 1. The first kappa shape index (κ1) is 29.7. The maximum atomic E-state index is 12.8. The summed E-state index contributed by atoms with van der Waals surface area (Å²) in [7, 11) is 2.90. The van der Waals surface area contributed by atoms with Crippen LogP contribution < -0.4 is 14.9 Å². The SMILES string of the molecule is COc1cc(/C=C/C(=O)CC(/C=C/c2ccc(O)c(OC)c2)=N/NC(=O)c2ccc(C(C)(C)C)cc2)ccc1O. The normalized spacial score (nSPS) is 12.1. The van der Waals surface area contributed by atoms with Gasteiger partial charge in [0.1, 0.15) is 0 Å². The lowest BCUT2D eigenvalue weighted by Crippen LogP contribution is -2.20. The van der Waals surface area contributed by atoms with Crippen LogP contribution >= 0.6 is 0 Å². The van der Waals surface area contributed by atoms with Gasteiger partial charge in [-0.3, -0.25) is 9.59 Å². The Morgan fingerprint density at radius 3 is 1.85 bits per heavy atom. The molecule has 208 valence electrons. The Bertz CT molecular complexity index is 1450. The number of rotatable bonds is 10. The summed E-state index contributed by atoms with van der Waals surface area (Å²) < 4.78 is 10.3. The summed E-state index contributed by atoms with van der Waals surface area (Å²) >= 11 is 0. The molecule has 3 aromatic rings. The standard InChI is InChI=1S/C32H34N2O6/c1-32(2,3)24-12-10-23(11-13-24)31(38)34-33-25(14-6-21-8-16-27(36)29(18-21)39-4)20-26(35)15-7-22-9-17-28(37)30(19-22)40-5/h6-19,36-37H,20H2,1-5H3,(H,34,38)/b14-6+,15-7+,33-25+. The third kappa shape index (κ3) is 8.33. The van der Waals surface area contributed by atoms with E-state index < -0.39 is 5.91 Å². The fourth-order valence-electron chi connectivity index (χ4n) is 3.66. The van der Waals surface area contributed by atoms with E-state index in [9.17, 15) is 19.8 Å². The lowest BCUT2D eigenvalue weighted by atomic mass is 9.87. The van der Waals surface area contributed by atoms with Crippen molar-refractivity contribution in [3.8, 4) is 23.0 Å². The molecule has 0 atom stereocenters. The van der Waals surface area contributed by atoms with Gasteiger partial charge < -0.3 is 19.7 Å². The van der Waals surface area contributed by atoms with Gasteiger partial charge in [-0.15, -0.1) is 0 Å². The van der Waals surface area contributed by atoms with Crippen LogP contribution in [-0.4, -0.2) is 41.8 Å². The highest BCUT2D eigenvalue weighted by Crippen LogP contribution is 2.28. The van der Waals surface area contributed by atoms with Gasteiger partial charge in [0.15, 0.2) is 28.8 Å². The van der Waals surface area contributed by atoms with Gasteiger partial charge in [-0.2, -0.15) is 5.10 Å². The van der Waals surface area contributed by atoms with Crippen LogP contribution in [-0.2, 0) is 10.2 Å². The molecule has 1 amide bonds. The van der Waals surface area contributed by atoms with E-state index in [1.807, 2.05) is 12.1 Å². The number of methoxy groups -OCH3 is 2. The number of phenolic OH excluding ortho intramolecular Hbond substituents is 2. The van der Waals surface area contributed by atoms with Crippen molar-refractivity contribution in [2.45, 2.75) is 32.6 Å². The Kier molecular flexibility index (Phi) is 9.86. The van der Waals surface area contributed by atoms with Crippen molar-refractivity contribution in [2.75, 3.05) is 14.2 Å². The zero-order valence-corrected chi connectivity index (χ0v) is 23.3. The fraction of sp³-hybridized carbons (Fsp3) is 0.219. The number of nitrogens with one attached hydrogen (secondary N) is 1. The van der Waals surface area contributed by atoms with Crippen LogP contribution in [0.5, 0.6) is 23.0 Å². The Morgan fingerprint density at radius 2 is 1.35 bits per heavy atom. The van der Waals surface area contributed by atoms with Crippen LogP contribution in [0.25, 0.3) is 12.2 Å². The molecule has 3 N–H and O–H groups in total. The van der Waals surface area contributed by atoms with Gasteiger partial charge in [-0.1, -0.05) is 57.2 Å². The predicted octanol–water partition coefficient (Wildman–Crippen LogP) is 5.88. The second-order valence-electron chi connectivity index (χ2n) is 10.0. The van der Waals surface area contributed by atoms with Crippen molar-refractivity contribution >= 4 is 29.6 Å². The van der Waals surface area contributed by atoms with Crippen LogP contribution in [0.2, 0.25) is 0 Å². The number of aromatic hydroxyl groups is 2. The third-order valence-electron chi connectivity index (χ3n) is 6.01. The maximum Gasteiger partial charge on any atom is 0.271 e. The van der Waals surface area contributed by atoms with Crippen LogP contribution in [0.3, 0.4) is 0 Å². The monoisotopic (exact) mass is 542 g/mol. The number of phenols is 2. The van der Waals surface area contributed by atoms with Crippen LogP contribution in [0.4, 0.5) is 0 Å². The predicted molar refractivity (Wildman–Crippen MR) is 157 cm³/mol. The van der Waals surface area contributed by atoms with Crippen molar-refractivity contribution < 1.29 is 29.3 Å². The van der Waals surface area contributed by atoms with E-state index in [4.69, 9.17) is 9.47 Å². The summed E-state index contributed by atoms with van der Waals surface area (Å²) in [6, 6.07) is 16.9. The molecule has 8 nitrogen and oxygen atoms in total. The van der Waals surface area contributed by atoms with E-state index in [2.05, 4.69) is 31.3 Å². The molecular weight excluding hydrogens is 508 g/mol. The first-order valence-corrected chi connectivity index (χ1v) is 12.6. The number of benzene rings is 3. The highest BCUT2D eigenvalue weighted by atomic mass is 16.5. The van der Waals surface area contributed by atoms with Crippen molar-refractivity contribution in [3.05, 3.63) is 95.1 Å². The molecule has 40 heavy (non-hydrogen) atoms. The average molecular weight is 543 g/mol. The molecule has 0 saturated carbocycles. The lowest BCUT2D eigenvalue weighted by Gasteiger charge is -2.18. The number of carbonyl (C=O) groups is 2. The largest absolute Gasteiger partial charge is 0.504 e. The van der Waals surface area contributed by atoms with Crippen molar-refractivity contribution in [1.29, 1.82) is 0 Å². The number of nitrogens with zero attached hydrogens (tertiary/aromatic N) is 1. The molecule has 8 heteroatoms. The molecule has 0 fully saturated rings. The summed E-state index contributed by atoms with van der Waals surface area (Å²) in [6.07, 6.45) is 6.22. The van der Waals surface area contributed by atoms with Gasteiger partial charge in [0.25, 0.3) is 5.91 Å². The molecule has 0 spiro atoms. The molecular formula is C32H34N2O6. The summed E-state index contributed by atoms with van der Waals surface area (Å²) in [5.41, 5.74) is 5.72. The second-order valence-corrected chi connectivity index (χ2v) is 10.0. The number of amides is 1. The van der Waals surface area contributed by atoms with Gasteiger partial charge >= 0.3 is 0 Å². The van der Waals surface area contributed by atoms with Gasteiger partial charge in [0.2, 0.25) is 0 Å². The van der Waals surface area contributed by atoms with Crippen LogP contribution in [0.1, 0.15) is 54.2 Å². The molecule has 0 aliphatic carbocycles. The van der Waals surface area contributed by atoms with E-state index in [1.165, 1.54) is 32.4 Å². The Hall–Kier alpha value is -4.85. The maximum absolute atomic E-state index is 12.8. The van der Waals surface area contributed by atoms with Crippen LogP contribution in [0, 0.1) is 0 Å². The fourth-order valence-corrected chi connectivity index (χ4v) is 3.66. The highest BCUT2D eigenvalue weighted by molar-refractivity contribution is 6.13. The van der Waals surface area contributed by atoms with Crippen molar-refractivity contribution in [1.82, 2.24) is 5.43 Å². The quantitative estimate of drug-likeness (QED) is 0.167. The Labute approximate surface area is 234 Å². The van der Waals surface area contributed by atoms with E-state index >= 15 is 0 Å². The minimum Gasteiger partial charge on any atom is -0.504 e. The van der Waals surface area contributed by atoms with Gasteiger partial charge in [-0.05, 0) is 70.7 Å². The van der Waals surface area contributed by atoms with E-state index in [0.29, 0.717) is 33.9 Å². The molecule has 0 bridgehead atoms. The second kappa shape index (κ2) is 13.3. The van der Waals surface area contributed by atoms with E-state index in [1.54, 1.807) is 54.6 Å². The molecule has 0 aliphatic rings. The highest BCUT2D eigenvalue weighted by Gasteiger charge is 2.14. The summed E-state index contributed by atoms with van der Waals surface area (Å²) in [4.78, 5) is 25.6. The first-order valence-electron chi connectivity index (χ1n) is 12.6. The number of allylic oxidation sites excluding steroid dienone is 2. The molecule has 0 aliphatic heterocycles. The average Bonchev–Trinajstić information content (AvgIpc) is 2.94. The molecule has 0 saturated heterocycles. The summed E-state index contributed by atoms with van der Waals surface area (Å²) in [5, 5.41) is 23.8. The van der Waals surface area contributed by atoms with E-state index in [-0.39, 0.29) is 29.1 Å². The molecule has 0 heterocycles. The van der Waals surface area contributed by atoms with Crippen LogP contribution in [0.15, 0.2) is 77.9 Å². The number of hydrogen-bond donors (Lipinski definition) is 3. The number of carbonyl (C=O) groups excluding carboxylic acids is 2. The van der Waals surface area contributed by atoms with Gasteiger partial charge in [0, 0.05) is 5.56 Å². The molecule has 0 aromatic heterocycles. The molecule has 0 unspecified atom stereocenters. The Morgan fingerprint density at radius 1 is 0.825 bits per heavy atom. The summed E-state index contributed by atoms with van der Waals surface area (Å²) in [5.74, 6) is -0.0673. The molecule has 3 rings (SSSR count). The molecule has 0 radical (unpaired) electrons.